The van der Waals surface area contributed by atoms with Gasteiger partial charge in [-0.2, -0.15) is 5.10 Å². The molecule has 0 bridgehead atoms. The van der Waals surface area contributed by atoms with E-state index in [1.807, 2.05) is 29.3 Å². The molecular formula is C14H15N3O2. The van der Waals surface area contributed by atoms with E-state index in [1.165, 1.54) is 0 Å². The predicted octanol–water partition coefficient (Wildman–Crippen LogP) is 2.21. The van der Waals surface area contributed by atoms with Crippen LogP contribution >= 0.6 is 0 Å². The van der Waals surface area contributed by atoms with Crippen LogP contribution in [0.25, 0.3) is 11.1 Å². The molecule has 1 aliphatic heterocycles. The summed E-state index contributed by atoms with van der Waals surface area (Å²) in [5.41, 5.74) is 2.83. The fourth-order valence-corrected chi connectivity index (χ4v) is 2.41. The molecule has 0 aliphatic carbocycles. The molecule has 0 unspecified atom stereocenters. The number of carbonyl (C=O) groups excluding carboxylic acids is 1. The zero-order valence-corrected chi connectivity index (χ0v) is 10.7. The zero-order chi connectivity index (χ0) is 13.2. The molecule has 98 valence electrons. The number of nitrogens with zero attached hydrogens (tertiary/aromatic N) is 2. The molecule has 19 heavy (non-hydrogen) atoms. The van der Waals surface area contributed by atoms with Crippen molar-refractivity contribution in [1.29, 1.82) is 0 Å². The first-order chi connectivity index (χ1) is 9.29. The number of H-pyrrole nitrogens is 1. The predicted molar refractivity (Wildman–Crippen MR) is 72.2 cm³/mol. The van der Waals surface area contributed by atoms with Gasteiger partial charge in [-0.15, -0.1) is 0 Å². The number of aromatic nitrogens is 2. The van der Waals surface area contributed by atoms with Crippen molar-refractivity contribution in [1.82, 2.24) is 10.2 Å². The molecule has 0 atom stereocenters. The van der Waals surface area contributed by atoms with Crippen molar-refractivity contribution in [3.63, 3.8) is 0 Å². The number of methoxy groups -OCH3 is 1. The van der Waals surface area contributed by atoms with Gasteiger partial charge in [-0.3, -0.25) is 9.89 Å². The highest BCUT2D eigenvalue weighted by atomic mass is 16.5. The number of hydrogen-bond donors (Lipinski definition) is 1. The van der Waals surface area contributed by atoms with E-state index in [4.69, 9.17) is 4.74 Å². The van der Waals surface area contributed by atoms with E-state index in [-0.39, 0.29) is 5.91 Å². The number of amides is 1. The fraction of sp³-hybridized carbons (Fsp3) is 0.286. The summed E-state index contributed by atoms with van der Waals surface area (Å²) >= 11 is 0. The quantitative estimate of drug-likeness (QED) is 0.917. The van der Waals surface area contributed by atoms with Crippen molar-refractivity contribution >= 4 is 11.6 Å². The summed E-state index contributed by atoms with van der Waals surface area (Å²) in [4.78, 5) is 13.6. The molecule has 5 heteroatoms. The standard InChI is InChI=1S/C14H15N3O2/c1-19-13-7-11(17-6-2-3-14(17)18)4-5-12(13)10-8-15-16-9-10/h4-5,7-9H,2-3,6H2,1H3,(H,15,16). The van der Waals surface area contributed by atoms with Gasteiger partial charge in [0.15, 0.2) is 0 Å². The number of anilines is 1. The van der Waals surface area contributed by atoms with Gasteiger partial charge in [0.1, 0.15) is 5.75 Å². The number of aromatic amines is 1. The lowest BCUT2D eigenvalue weighted by Crippen LogP contribution is -2.23. The van der Waals surface area contributed by atoms with E-state index in [2.05, 4.69) is 10.2 Å². The number of nitrogens with one attached hydrogen (secondary N) is 1. The molecule has 0 spiro atoms. The maximum Gasteiger partial charge on any atom is 0.227 e. The SMILES string of the molecule is COc1cc(N2CCCC2=O)ccc1-c1cn[nH]c1. The number of rotatable bonds is 3. The molecule has 0 radical (unpaired) electrons. The van der Waals surface area contributed by atoms with Crippen LogP contribution in [0.1, 0.15) is 12.8 Å². The van der Waals surface area contributed by atoms with Crippen LogP contribution in [0.5, 0.6) is 5.75 Å². The number of benzene rings is 1. The van der Waals surface area contributed by atoms with Crippen molar-refractivity contribution < 1.29 is 9.53 Å². The van der Waals surface area contributed by atoms with Gasteiger partial charge in [-0.1, -0.05) is 0 Å². The second-order valence-electron chi connectivity index (χ2n) is 4.52. The molecule has 5 nitrogen and oxygen atoms in total. The zero-order valence-electron chi connectivity index (χ0n) is 10.7. The Morgan fingerprint density at radius 3 is 2.95 bits per heavy atom. The highest BCUT2D eigenvalue weighted by Crippen LogP contribution is 2.34. The lowest BCUT2D eigenvalue weighted by Gasteiger charge is -2.17. The minimum absolute atomic E-state index is 0.179. The fourth-order valence-electron chi connectivity index (χ4n) is 2.41. The molecule has 1 fully saturated rings. The Morgan fingerprint density at radius 2 is 2.32 bits per heavy atom. The summed E-state index contributed by atoms with van der Waals surface area (Å²) in [6.45, 7) is 0.785. The minimum Gasteiger partial charge on any atom is -0.496 e. The molecule has 1 aliphatic rings. The first-order valence-electron chi connectivity index (χ1n) is 6.27. The number of carbonyl (C=O) groups is 1. The molecule has 1 aromatic carbocycles. The Bertz CT molecular complexity index is 593. The van der Waals surface area contributed by atoms with E-state index in [0.717, 1.165) is 35.5 Å². The summed E-state index contributed by atoms with van der Waals surface area (Å²) < 4.78 is 5.42. The summed E-state index contributed by atoms with van der Waals surface area (Å²) in [6.07, 6.45) is 5.12. The smallest absolute Gasteiger partial charge is 0.227 e. The van der Waals surface area contributed by atoms with Crippen LogP contribution in [0.3, 0.4) is 0 Å². The Morgan fingerprint density at radius 1 is 1.42 bits per heavy atom. The molecule has 2 heterocycles. The van der Waals surface area contributed by atoms with Gasteiger partial charge < -0.3 is 9.64 Å². The minimum atomic E-state index is 0.179. The van der Waals surface area contributed by atoms with Crippen molar-refractivity contribution in [2.45, 2.75) is 12.8 Å². The van der Waals surface area contributed by atoms with Crippen molar-refractivity contribution in [3.8, 4) is 16.9 Å². The monoisotopic (exact) mass is 257 g/mol. The van der Waals surface area contributed by atoms with E-state index in [9.17, 15) is 4.79 Å². The molecule has 1 N–H and O–H groups in total. The third-order valence-corrected chi connectivity index (χ3v) is 3.38. The van der Waals surface area contributed by atoms with Crippen LogP contribution in [-0.4, -0.2) is 29.8 Å². The first-order valence-corrected chi connectivity index (χ1v) is 6.27. The Balaban J connectivity index is 2.00. The van der Waals surface area contributed by atoms with Crippen molar-refractivity contribution in [3.05, 3.63) is 30.6 Å². The lowest BCUT2D eigenvalue weighted by atomic mass is 10.1. The average molecular weight is 257 g/mol. The van der Waals surface area contributed by atoms with Gasteiger partial charge in [0.05, 0.1) is 13.3 Å². The molecule has 2 aromatic rings. The van der Waals surface area contributed by atoms with Gasteiger partial charge >= 0.3 is 0 Å². The van der Waals surface area contributed by atoms with E-state index in [1.54, 1.807) is 13.3 Å². The summed E-state index contributed by atoms with van der Waals surface area (Å²) in [6, 6.07) is 5.82. The Labute approximate surface area is 111 Å². The summed E-state index contributed by atoms with van der Waals surface area (Å²) in [5, 5.41) is 6.73. The highest BCUT2D eigenvalue weighted by molar-refractivity contribution is 5.96. The average Bonchev–Trinajstić information content (AvgIpc) is 3.09. The van der Waals surface area contributed by atoms with Gasteiger partial charge in [-0.25, -0.2) is 0 Å². The Kier molecular flexibility index (Phi) is 2.95. The molecule has 1 aromatic heterocycles. The number of hydrogen-bond acceptors (Lipinski definition) is 3. The van der Waals surface area contributed by atoms with Gasteiger partial charge in [0, 0.05) is 42.0 Å². The van der Waals surface area contributed by atoms with Crippen molar-refractivity contribution in [2.24, 2.45) is 0 Å². The van der Waals surface area contributed by atoms with Crippen LogP contribution < -0.4 is 9.64 Å². The third-order valence-electron chi connectivity index (χ3n) is 3.38. The van der Waals surface area contributed by atoms with Gasteiger partial charge in [0.2, 0.25) is 5.91 Å². The second kappa shape index (κ2) is 4.76. The third kappa shape index (κ3) is 2.07. The highest BCUT2D eigenvalue weighted by Gasteiger charge is 2.22. The Hall–Kier alpha value is -2.30. The lowest BCUT2D eigenvalue weighted by molar-refractivity contribution is -0.117. The van der Waals surface area contributed by atoms with Crippen LogP contribution in [0.2, 0.25) is 0 Å². The van der Waals surface area contributed by atoms with E-state index < -0.39 is 0 Å². The van der Waals surface area contributed by atoms with Crippen LogP contribution in [0.15, 0.2) is 30.6 Å². The molecule has 1 amide bonds. The summed E-state index contributed by atoms with van der Waals surface area (Å²) in [7, 11) is 1.63. The number of ether oxygens (including phenoxy) is 1. The van der Waals surface area contributed by atoms with Gasteiger partial charge in [0.25, 0.3) is 0 Å². The molecule has 1 saturated heterocycles. The maximum absolute atomic E-state index is 11.8. The molecule has 3 rings (SSSR count). The van der Waals surface area contributed by atoms with Crippen LogP contribution in [0.4, 0.5) is 5.69 Å². The first kappa shape index (κ1) is 11.8. The molecular weight excluding hydrogens is 242 g/mol. The second-order valence-corrected chi connectivity index (χ2v) is 4.52. The van der Waals surface area contributed by atoms with Crippen LogP contribution in [-0.2, 0) is 4.79 Å². The molecule has 0 saturated carbocycles. The topological polar surface area (TPSA) is 58.2 Å². The maximum atomic E-state index is 11.8. The van der Waals surface area contributed by atoms with Crippen molar-refractivity contribution in [2.75, 3.05) is 18.6 Å². The normalized spacial score (nSPS) is 15.0. The largest absolute Gasteiger partial charge is 0.496 e. The van der Waals surface area contributed by atoms with E-state index >= 15 is 0 Å². The van der Waals surface area contributed by atoms with E-state index in [0.29, 0.717) is 6.42 Å². The summed E-state index contributed by atoms with van der Waals surface area (Å²) in [5.74, 6) is 0.928. The van der Waals surface area contributed by atoms with Crippen LogP contribution in [0, 0.1) is 0 Å². The van der Waals surface area contributed by atoms with Gasteiger partial charge in [-0.05, 0) is 18.6 Å².